The summed E-state index contributed by atoms with van der Waals surface area (Å²) in [4.78, 5) is 22.9. The highest BCUT2D eigenvalue weighted by Gasteiger charge is 2.22. The van der Waals surface area contributed by atoms with Gasteiger partial charge in [0, 0.05) is 11.4 Å². The average molecular weight is 382 g/mol. The zero-order valence-corrected chi connectivity index (χ0v) is 16.3. The Hall–Kier alpha value is -3.49. The van der Waals surface area contributed by atoms with Gasteiger partial charge in [-0.05, 0) is 51.5 Å². The van der Waals surface area contributed by atoms with Gasteiger partial charge in [-0.3, -0.25) is 24.3 Å². The molecule has 0 spiro atoms. The summed E-state index contributed by atoms with van der Waals surface area (Å²) in [6.07, 6.45) is 0. The summed E-state index contributed by atoms with van der Waals surface area (Å²) in [6, 6.07) is 9.53. The number of carbonyl (C=O) groups is 1. The highest BCUT2D eigenvalue weighted by atomic mass is 16.6. The molecule has 28 heavy (non-hydrogen) atoms. The number of nitrogens with one attached hydrogen (secondary N) is 1. The maximum Gasteiger partial charge on any atom is 0.312 e. The van der Waals surface area contributed by atoms with E-state index in [0.717, 1.165) is 17.0 Å². The topological polar surface area (TPSA) is 108 Å². The summed E-state index contributed by atoms with van der Waals surface area (Å²) in [5, 5.41) is 22.4. The van der Waals surface area contributed by atoms with Crippen molar-refractivity contribution in [2.45, 2.75) is 40.8 Å². The second-order valence-corrected chi connectivity index (χ2v) is 6.76. The number of aromatic nitrogens is 4. The highest BCUT2D eigenvalue weighted by Crippen LogP contribution is 2.21. The number of nitrogens with zero attached hydrogens (tertiary/aromatic N) is 5. The predicted octanol–water partition coefficient (Wildman–Crippen LogP) is 2.91. The van der Waals surface area contributed by atoms with Gasteiger partial charge in [0.1, 0.15) is 17.9 Å². The van der Waals surface area contributed by atoms with Gasteiger partial charge in [-0.1, -0.05) is 12.1 Å². The zero-order chi connectivity index (χ0) is 20.4. The quantitative estimate of drug-likeness (QED) is 0.521. The first-order valence-electron chi connectivity index (χ1n) is 8.83. The Morgan fingerprint density at radius 1 is 1.11 bits per heavy atom. The standard InChI is InChI=1S/C19H22N6O3/c1-12-9-13(2)23(21-12)10-16-5-7-17(8-6-16)20-18(26)11-24-15(4)19(25(27)28)14(3)22-24/h5-9H,10-11H2,1-4H3,(H,20,26). The first-order valence-corrected chi connectivity index (χ1v) is 8.83. The van der Waals surface area contributed by atoms with E-state index in [1.807, 2.05) is 48.9 Å². The fourth-order valence-electron chi connectivity index (χ4n) is 3.14. The van der Waals surface area contributed by atoms with Crippen molar-refractivity contribution < 1.29 is 9.72 Å². The van der Waals surface area contributed by atoms with E-state index in [4.69, 9.17) is 0 Å². The number of aryl methyl sites for hydroxylation is 3. The van der Waals surface area contributed by atoms with Gasteiger partial charge in [0.05, 0.1) is 17.2 Å². The van der Waals surface area contributed by atoms with Crippen LogP contribution in [0.2, 0.25) is 0 Å². The summed E-state index contributed by atoms with van der Waals surface area (Å²) >= 11 is 0. The summed E-state index contributed by atoms with van der Waals surface area (Å²) < 4.78 is 3.28. The van der Waals surface area contributed by atoms with Crippen LogP contribution < -0.4 is 5.32 Å². The summed E-state index contributed by atoms with van der Waals surface area (Å²) in [5.41, 5.74) is 4.39. The lowest BCUT2D eigenvalue weighted by Crippen LogP contribution is -2.20. The average Bonchev–Trinajstić information content (AvgIpc) is 3.07. The third-order valence-electron chi connectivity index (χ3n) is 4.49. The van der Waals surface area contributed by atoms with Crippen LogP contribution in [0, 0.1) is 37.8 Å². The first kappa shape index (κ1) is 19.3. The van der Waals surface area contributed by atoms with Crippen LogP contribution in [-0.4, -0.2) is 30.4 Å². The molecule has 0 aliphatic rings. The van der Waals surface area contributed by atoms with Gasteiger partial charge in [-0.15, -0.1) is 0 Å². The molecule has 0 unspecified atom stereocenters. The lowest BCUT2D eigenvalue weighted by Gasteiger charge is -2.08. The molecule has 0 radical (unpaired) electrons. The van der Waals surface area contributed by atoms with Crippen molar-refractivity contribution >= 4 is 17.3 Å². The molecule has 0 aliphatic carbocycles. The Kier molecular flexibility index (Phi) is 5.25. The van der Waals surface area contributed by atoms with E-state index in [-0.39, 0.29) is 18.1 Å². The highest BCUT2D eigenvalue weighted by molar-refractivity contribution is 5.90. The van der Waals surface area contributed by atoms with E-state index in [0.29, 0.717) is 23.6 Å². The Morgan fingerprint density at radius 3 is 2.32 bits per heavy atom. The minimum Gasteiger partial charge on any atom is -0.324 e. The molecule has 2 aromatic heterocycles. The van der Waals surface area contributed by atoms with Crippen molar-refractivity contribution in [3.05, 3.63) is 68.8 Å². The van der Waals surface area contributed by atoms with Crippen molar-refractivity contribution in [2.24, 2.45) is 0 Å². The van der Waals surface area contributed by atoms with E-state index < -0.39 is 4.92 Å². The third-order valence-corrected chi connectivity index (χ3v) is 4.49. The Bertz CT molecular complexity index is 1030. The van der Waals surface area contributed by atoms with Gasteiger partial charge in [0.2, 0.25) is 5.91 Å². The fraction of sp³-hybridized carbons (Fsp3) is 0.316. The number of amides is 1. The Labute approximate surface area is 162 Å². The van der Waals surface area contributed by atoms with Crippen LogP contribution in [0.4, 0.5) is 11.4 Å². The lowest BCUT2D eigenvalue weighted by molar-refractivity contribution is -0.386. The summed E-state index contributed by atoms with van der Waals surface area (Å²) in [5.74, 6) is -0.299. The summed E-state index contributed by atoms with van der Waals surface area (Å²) in [6.45, 7) is 7.68. The molecule has 9 nitrogen and oxygen atoms in total. The number of anilines is 1. The second-order valence-electron chi connectivity index (χ2n) is 6.76. The Balaban J connectivity index is 1.64. The zero-order valence-electron chi connectivity index (χ0n) is 16.3. The van der Waals surface area contributed by atoms with Crippen LogP contribution in [-0.2, 0) is 17.9 Å². The monoisotopic (exact) mass is 382 g/mol. The first-order chi connectivity index (χ1) is 13.2. The Morgan fingerprint density at radius 2 is 1.79 bits per heavy atom. The molecular formula is C19H22N6O3. The van der Waals surface area contributed by atoms with Crippen molar-refractivity contribution in [3.8, 4) is 0 Å². The molecule has 1 amide bonds. The van der Waals surface area contributed by atoms with Crippen LogP contribution in [0.3, 0.4) is 0 Å². The van der Waals surface area contributed by atoms with Crippen molar-refractivity contribution in [3.63, 3.8) is 0 Å². The molecule has 3 rings (SSSR count). The molecule has 0 saturated heterocycles. The minimum atomic E-state index is -0.479. The smallest absolute Gasteiger partial charge is 0.312 e. The number of rotatable bonds is 6. The van der Waals surface area contributed by atoms with Crippen LogP contribution >= 0.6 is 0 Å². The molecule has 146 valence electrons. The number of hydrogen-bond donors (Lipinski definition) is 1. The van der Waals surface area contributed by atoms with Crippen molar-refractivity contribution in [1.29, 1.82) is 0 Å². The van der Waals surface area contributed by atoms with Crippen LogP contribution in [0.25, 0.3) is 0 Å². The van der Waals surface area contributed by atoms with Gasteiger partial charge >= 0.3 is 5.69 Å². The molecule has 3 aromatic rings. The van der Waals surface area contributed by atoms with Crippen molar-refractivity contribution in [1.82, 2.24) is 19.6 Å². The van der Waals surface area contributed by atoms with E-state index in [9.17, 15) is 14.9 Å². The van der Waals surface area contributed by atoms with Crippen LogP contribution in [0.5, 0.6) is 0 Å². The van der Waals surface area contributed by atoms with Gasteiger partial charge in [-0.25, -0.2) is 0 Å². The molecule has 0 atom stereocenters. The van der Waals surface area contributed by atoms with E-state index in [1.165, 1.54) is 4.68 Å². The van der Waals surface area contributed by atoms with Gasteiger partial charge in [-0.2, -0.15) is 10.2 Å². The minimum absolute atomic E-state index is 0.0543. The maximum atomic E-state index is 12.3. The molecule has 0 saturated carbocycles. The fourth-order valence-corrected chi connectivity index (χ4v) is 3.14. The normalized spacial score (nSPS) is 10.9. The van der Waals surface area contributed by atoms with Gasteiger partial charge < -0.3 is 5.32 Å². The molecule has 0 fully saturated rings. The lowest BCUT2D eigenvalue weighted by atomic mass is 10.2. The SMILES string of the molecule is Cc1cc(C)n(Cc2ccc(NC(=O)Cn3nc(C)c([N+](=O)[O-])c3C)cc2)n1. The van der Waals surface area contributed by atoms with Crippen LogP contribution in [0.15, 0.2) is 30.3 Å². The number of nitro groups is 1. The maximum absolute atomic E-state index is 12.3. The third kappa shape index (κ3) is 4.08. The largest absolute Gasteiger partial charge is 0.324 e. The molecular weight excluding hydrogens is 360 g/mol. The van der Waals surface area contributed by atoms with E-state index >= 15 is 0 Å². The number of hydrogen-bond acceptors (Lipinski definition) is 5. The van der Waals surface area contributed by atoms with Crippen LogP contribution in [0.1, 0.15) is 28.3 Å². The number of benzene rings is 1. The summed E-state index contributed by atoms with van der Waals surface area (Å²) in [7, 11) is 0. The molecule has 2 heterocycles. The second kappa shape index (κ2) is 7.63. The molecule has 0 bridgehead atoms. The molecule has 1 N–H and O–H groups in total. The molecule has 0 aliphatic heterocycles. The van der Waals surface area contributed by atoms with Gasteiger partial charge in [0.25, 0.3) is 0 Å². The van der Waals surface area contributed by atoms with E-state index in [2.05, 4.69) is 15.5 Å². The van der Waals surface area contributed by atoms with E-state index in [1.54, 1.807) is 13.8 Å². The number of carbonyl (C=O) groups excluding carboxylic acids is 1. The molecule has 9 heteroatoms. The van der Waals surface area contributed by atoms with Gasteiger partial charge in [0.15, 0.2) is 0 Å². The predicted molar refractivity (Wildman–Crippen MR) is 104 cm³/mol. The van der Waals surface area contributed by atoms with Crippen molar-refractivity contribution in [2.75, 3.05) is 5.32 Å². The molecule has 1 aromatic carbocycles.